The maximum Gasteiger partial charge on any atom is 0.255 e. The number of amides is 2. The van der Waals surface area contributed by atoms with Gasteiger partial charge in [0.25, 0.3) is 5.91 Å². The Labute approximate surface area is 299 Å². The van der Waals surface area contributed by atoms with Crippen LogP contribution in [0.2, 0.25) is 0 Å². The van der Waals surface area contributed by atoms with Gasteiger partial charge in [0.2, 0.25) is 5.91 Å². The molecule has 0 saturated carbocycles. The maximum absolute atomic E-state index is 13.9. The molecule has 0 fully saturated rings. The fourth-order valence-electron chi connectivity index (χ4n) is 5.77. The molecule has 4 heterocycles. The van der Waals surface area contributed by atoms with E-state index in [4.69, 9.17) is 15.7 Å². The van der Waals surface area contributed by atoms with E-state index in [0.717, 1.165) is 16.7 Å². The van der Waals surface area contributed by atoms with Crippen molar-refractivity contribution in [1.82, 2.24) is 25.3 Å². The second-order valence-corrected chi connectivity index (χ2v) is 12.0. The van der Waals surface area contributed by atoms with Gasteiger partial charge in [-0.2, -0.15) is 0 Å². The minimum atomic E-state index is -0.856. The van der Waals surface area contributed by atoms with Gasteiger partial charge in [-0.1, -0.05) is 42.5 Å². The van der Waals surface area contributed by atoms with Crippen molar-refractivity contribution >= 4 is 23.5 Å². The van der Waals surface area contributed by atoms with E-state index >= 15 is 0 Å². The maximum atomic E-state index is 13.9. The Bertz CT molecular complexity index is 2150. The predicted octanol–water partition coefficient (Wildman–Crippen LogP) is 6.07. The highest BCUT2D eigenvalue weighted by Crippen LogP contribution is 2.32. The molecule has 0 saturated heterocycles. The number of carbonyl (C=O) groups excluding carboxylic acids is 2. The molecule has 52 heavy (non-hydrogen) atoms. The van der Waals surface area contributed by atoms with E-state index in [-0.39, 0.29) is 24.1 Å². The molecule has 1 unspecified atom stereocenters. The third-order valence-corrected chi connectivity index (χ3v) is 8.31. The molecule has 10 nitrogen and oxygen atoms in total. The number of nitrogens with two attached hydrogens (primary N) is 1. The van der Waals surface area contributed by atoms with Crippen LogP contribution in [0.3, 0.4) is 0 Å². The second-order valence-electron chi connectivity index (χ2n) is 12.0. The largest absolute Gasteiger partial charge is 0.369 e. The van der Waals surface area contributed by atoms with Crippen LogP contribution in [0, 0.1) is 11.6 Å². The summed E-state index contributed by atoms with van der Waals surface area (Å²) in [5.74, 6) is -1.74. The highest BCUT2D eigenvalue weighted by Gasteiger charge is 2.25. The Morgan fingerprint density at radius 1 is 0.673 bits per heavy atom. The zero-order valence-electron chi connectivity index (χ0n) is 28.1. The molecule has 1 atom stereocenters. The number of anilines is 2. The van der Waals surface area contributed by atoms with Crippen LogP contribution in [0.4, 0.5) is 20.4 Å². The highest BCUT2D eigenvalue weighted by molar-refractivity contribution is 5.99. The third kappa shape index (κ3) is 9.16. The Morgan fingerprint density at radius 3 is 1.87 bits per heavy atom. The number of nitrogens with zero attached hydrogens (tertiary/aromatic N) is 4. The van der Waals surface area contributed by atoms with Crippen molar-refractivity contribution in [3.05, 3.63) is 167 Å². The van der Waals surface area contributed by atoms with E-state index in [0.29, 0.717) is 65.6 Å². The van der Waals surface area contributed by atoms with Crippen LogP contribution in [0.5, 0.6) is 0 Å². The van der Waals surface area contributed by atoms with Gasteiger partial charge in [-0.05, 0) is 89.7 Å². The molecule has 6 rings (SSSR count). The summed E-state index contributed by atoms with van der Waals surface area (Å²) in [5.41, 5.74) is 10.7. The van der Waals surface area contributed by atoms with Crippen LogP contribution < -0.4 is 21.7 Å². The second kappa shape index (κ2) is 16.9. The van der Waals surface area contributed by atoms with Gasteiger partial charge in [-0.3, -0.25) is 19.6 Å². The predicted molar refractivity (Wildman–Crippen MR) is 195 cm³/mol. The summed E-state index contributed by atoms with van der Waals surface area (Å²) in [6, 6.07) is 26.7. The molecule has 0 spiro atoms. The number of primary amides is 1. The lowest BCUT2D eigenvalue weighted by Crippen LogP contribution is -2.25. The van der Waals surface area contributed by atoms with E-state index in [1.54, 1.807) is 79.4 Å². The molecule has 0 aliphatic rings. The summed E-state index contributed by atoms with van der Waals surface area (Å²) in [6.45, 7) is 1.01. The van der Waals surface area contributed by atoms with Crippen LogP contribution in [-0.2, 0) is 24.2 Å². The lowest BCUT2D eigenvalue weighted by molar-refractivity contribution is -0.118. The van der Waals surface area contributed by atoms with E-state index in [1.165, 1.54) is 24.3 Å². The minimum absolute atomic E-state index is 0.267. The molecule has 2 amide bonds. The molecule has 6 aromatic rings. The lowest BCUT2D eigenvalue weighted by atomic mass is 9.91. The zero-order chi connectivity index (χ0) is 36.3. The number of benzene rings is 2. The molecule has 0 aliphatic carbocycles. The molecular weight excluding hydrogens is 662 g/mol. The molecule has 0 bridgehead atoms. The standard InChI is InChI=1S/C40H36F2N8O2/c41-30-9-1-5-26(21-30)15-19-46-38-32(36(37(43)51)29-8-4-18-45-25-29)11-13-34(49-38)35-14-12-33(40(52)48-24-28-7-3-17-44-23-28)39(50-35)47-20-16-27-6-2-10-31(42)22-27/h1-14,17-18,21-23,25,36H,15-16,19-20,24H2,(H2,43,51)(H,46,49)(H,47,50)(H,48,52). The molecule has 4 aromatic heterocycles. The van der Waals surface area contributed by atoms with Crippen molar-refractivity contribution in [2.45, 2.75) is 25.3 Å². The first-order chi connectivity index (χ1) is 25.3. The first kappa shape index (κ1) is 35.3. The minimum Gasteiger partial charge on any atom is -0.369 e. The Hall–Kier alpha value is -6.56. The van der Waals surface area contributed by atoms with Crippen molar-refractivity contribution in [1.29, 1.82) is 0 Å². The van der Waals surface area contributed by atoms with Crippen molar-refractivity contribution in [2.75, 3.05) is 23.7 Å². The van der Waals surface area contributed by atoms with Gasteiger partial charge in [0.05, 0.1) is 22.9 Å². The van der Waals surface area contributed by atoms with Crippen LogP contribution in [0.15, 0.2) is 122 Å². The molecular formula is C40H36F2N8O2. The van der Waals surface area contributed by atoms with Crippen LogP contribution in [0.1, 0.15) is 44.1 Å². The topological polar surface area (TPSA) is 148 Å². The smallest absolute Gasteiger partial charge is 0.255 e. The van der Waals surface area contributed by atoms with Crippen molar-refractivity contribution < 1.29 is 18.4 Å². The SMILES string of the molecule is NC(=O)C(c1cccnc1)c1ccc(-c2ccc(C(=O)NCc3cccnc3)c(NCCc3cccc(F)c3)n2)nc1NCCc1cccc(F)c1. The molecule has 262 valence electrons. The summed E-state index contributed by atoms with van der Waals surface area (Å²) in [4.78, 5) is 44.3. The third-order valence-electron chi connectivity index (χ3n) is 8.31. The van der Waals surface area contributed by atoms with Crippen molar-refractivity contribution in [3.63, 3.8) is 0 Å². The number of aromatic nitrogens is 4. The summed E-state index contributed by atoms with van der Waals surface area (Å²) in [6.07, 6.45) is 7.50. The van der Waals surface area contributed by atoms with Gasteiger partial charge < -0.3 is 21.7 Å². The molecule has 2 aromatic carbocycles. The molecule has 0 aliphatic heterocycles. The summed E-state index contributed by atoms with van der Waals surface area (Å²) >= 11 is 0. The summed E-state index contributed by atoms with van der Waals surface area (Å²) in [7, 11) is 0. The average Bonchev–Trinajstić information content (AvgIpc) is 3.15. The van der Waals surface area contributed by atoms with Crippen molar-refractivity contribution in [2.24, 2.45) is 5.73 Å². The Morgan fingerprint density at radius 2 is 1.27 bits per heavy atom. The number of pyridine rings is 4. The first-order valence-electron chi connectivity index (χ1n) is 16.7. The number of carbonyl (C=O) groups is 2. The fraction of sp³-hybridized carbons (Fsp3) is 0.150. The molecule has 0 radical (unpaired) electrons. The normalized spacial score (nSPS) is 11.4. The Balaban J connectivity index is 1.32. The van der Waals surface area contributed by atoms with Gasteiger partial charge in [0.15, 0.2) is 0 Å². The number of nitrogens with one attached hydrogen (secondary N) is 3. The van der Waals surface area contributed by atoms with Gasteiger partial charge in [0.1, 0.15) is 23.3 Å². The number of hydrogen-bond acceptors (Lipinski definition) is 8. The molecule has 12 heteroatoms. The summed E-state index contributed by atoms with van der Waals surface area (Å²) in [5, 5.41) is 9.50. The number of halogens is 2. The van der Waals surface area contributed by atoms with E-state index in [9.17, 15) is 18.4 Å². The summed E-state index contributed by atoms with van der Waals surface area (Å²) < 4.78 is 27.7. The zero-order valence-corrected chi connectivity index (χ0v) is 28.1. The van der Waals surface area contributed by atoms with Crippen LogP contribution in [-0.4, -0.2) is 44.8 Å². The number of hydrogen-bond donors (Lipinski definition) is 4. The van der Waals surface area contributed by atoms with Crippen LogP contribution >= 0.6 is 0 Å². The van der Waals surface area contributed by atoms with Gasteiger partial charge >= 0.3 is 0 Å². The first-order valence-corrected chi connectivity index (χ1v) is 16.7. The fourth-order valence-corrected chi connectivity index (χ4v) is 5.77. The average molecular weight is 699 g/mol. The Kier molecular flexibility index (Phi) is 11.5. The van der Waals surface area contributed by atoms with Crippen LogP contribution in [0.25, 0.3) is 11.4 Å². The van der Waals surface area contributed by atoms with Gasteiger partial charge in [0, 0.05) is 50.0 Å². The lowest BCUT2D eigenvalue weighted by Gasteiger charge is -2.19. The van der Waals surface area contributed by atoms with E-state index < -0.39 is 11.8 Å². The number of rotatable bonds is 15. The quantitative estimate of drug-likeness (QED) is 0.101. The monoisotopic (exact) mass is 698 g/mol. The highest BCUT2D eigenvalue weighted by atomic mass is 19.1. The van der Waals surface area contributed by atoms with Gasteiger partial charge in [-0.25, -0.2) is 18.7 Å². The van der Waals surface area contributed by atoms with E-state index in [2.05, 4.69) is 25.9 Å². The van der Waals surface area contributed by atoms with Gasteiger partial charge in [-0.15, -0.1) is 0 Å². The van der Waals surface area contributed by atoms with Crippen molar-refractivity contribution in [3.8, 4) is 11.4 Å². The van der Waals surface area contributed by atoms with E-state index in [1.807, 2.05) is 18.2 Å². The molecule has 5 N–H and O–H groups in total.